The molecule has 0 spiro atoms. The number of anilines is 1. The van der Waals surface area contributed by atoms with Crippen LogP contribution in [0.1, 0.15) is 56.4 Å². The molecule has 10 nitrogen and oxygen atoms in total. The second-order valence-corrected chi connectivity index (χ2v) is 12.8. The topological polar surface area (TPSA) is 135 Å². The van der Waals surface area contributed by atoms with Crippen LogP contribution in [0.4, 0.5) is 27.8 Å². The first-order valence-electron chi connectivity index (χ1n) is 12.7. The number of amides is 1. The smallest absolute Gasteiger partial charge is 0.391 e. The van der Waals surface area contributed by atoms with Crippen LogP contribution in [-0.4, -0.2) is 76.7 Å². The summed E-state index contributed by atoms with van der Waals surface area (Å²) in [5.41, 5.74) is -1.70. The molecule has 0 radical (unpaired) electrons. The van der Waals surface area contributed by atoms with Gasteiger partial charge in [-0.25, -0.2) is 13.4 Å². The van der Waals surface area contributed by atoms with Gasteiger partial charge in [-0.05, 0) is 39.5 Å². The quantitative estimate of drug-likeness (QED) is 0.310. The van der Waals surface area contributed by atoms with Gasteiger partial charge in [0.2, 0.25) is 0 Å². The number of carbonyl (C=O) groups is 1. The molecule has 3 rings (SSSR count). The highest BCUT2D eigenvalue weighted by Gasteiger charge is 2.37. The Balaban J connectivity index is 1.84. The largest absolute Gasteiger partial charge is 0.434 e. The van der Waals surface area contributed by atoms with E-state index in [-0.39, 0.29) is 66.6 Å². The summed E-state index contributed by atoms with van der Waals surface area (Å²) < 4.78 is 94.1. The first kappa shape index (κ1) is 32.8. The predicted octanol–water partition coefficient (Wildman–Crippen LogP) is 4.42. The highest BCUT2D eigenvalue weighted by atomic mass is 35.5. The standard InChI is InChI=1S/C24H31ClF5N5O5S/c1-4-35-20(15-11-31-17(9-16(15)40-22(26)27)33-13(2)10-24(28,29)30)18(25)19(34-35)21(36)32-12-23(37)7-5-14(6-8-23)41(3,38)39/h9,11,13-14,22,37H,4-8,10,12H2,1-3H3,(H,31,33)(H,32,36). The Kier molecular flexibility index (Phi) is 10.1. The SMILES string of the molecule is CCn1nc(C(=O)NCC2(O)CCC(S(C)(=O)=O)CC2)c(Cl)c1-c1cnc(NC(C)CC(F)(F)F)cc1OC(F)F. The summed E-state index contributed by atoms with van der Waals surface area (Å²) >= 11 is 6.48. The van der Waals surface area contributed by atoms with Gasteiger partial charge in [0, 0.05) is 37.7 Å². The van der Waals surface area contributed by atoms with Gasteiger partial charge in [-0.3, -0.25) is 9.48 Å². The third-order valence-corrected chi connectivity index (χ3v) is 8.77. The lowest BCUT2D eigenvalue weighted by Crippen LogP contribution is -2.47. The molecule has 1 fully saturated rings. The molecule has 41 heavy (non-hydrogen) atoms. The molecule has 17 heteroatoms. The highest BCUT2D eigenvalue weighted by Crippen LogP contribution is 2.39. The number of nitrogens with zero attached hydrogens (tertiary/aromatic N) is 3. The summed E-state index contributed by atoms with van der Waals surface area (Å²) in [7, 11) is -3.25. The normalized spacial score (nSPS) is 20.6. The van der Waals surface area contributed by atoms with Crippen molar-refractivity contribution in [3.63, 3.8) is 0 Å². The van der Waals surface area contributed by atoms with Gasteiger partial charge in [0.25, 0.3) is 5.91 Å². The van der Waals surface area contributed by atoms with Gasteiger partial charge >= 0.3 is 12.8 Å². The van der Waals surface area contributed by atoms with Crippen LogP contribution in [-0.2, 0) is 16.4 Å². The molecule has 1 saturated carbocycles. The maximum atomic E-state index is 13.3. The zero-order valence-corrected chi connectivity index (χ0v) is 24.0. The third kappa shape index (κ3) is 8.64. The summed E-state index contributed by atoms with van der Waals surface area (Å²) in [4.78, 5) is 17.0. The van der Waals surface area contributed by atoms with Crippen LogP contribution in [0.25, 0.3) is 11.3 Å². The molecule has 2 heterocycles. The van der Waals surface area contributed by atoms with E-state index in [0.29, 0.717) is 0 Å². The number of rotatable bonds is 11. The van der Waals surface area contributed by atoms with E-state index in [1.165, 1.54) is 11.6 Å². The fourth-order valence-corrected chi connectivity index (χ4v) is 6.09. The Bertz CT molecular complexity index is 1350. The molecule has 1 amide bonds. The first-order valence-corrected chi connectivity index (χ1v) is 15.0. The van der Waals surface area contributed by atoms with Crippen molar-refractivity contribution in [1.82, 2.24) is 20.1 Å². The first-order chi connectivity index (χ1) is 18.9. The van der Waals surface area contributed by atoms with Crippen LogP contribution in [0.5, 0.6) is 5.75 Å². The molecule has 230 valence electrons. The Hall–Kier alpha value is -2.72. The lowest BCUT2D eigenvalue weighted by atomic mass is 9.84. The number of halogens is 6. The van der Waals surface area contributed by atoms with Crippen molar-refractivity contribution < 1.29 is 45.0 Å². The van der Waals surface area contributed by atoms with E-state index in [0.717, 1.165) is 18.5 Å². The minimum absolute atomic E-state index is 0.00438. The summed E-state index contributed by atoms with van der Waals surface area (Å²) in [6, 6.07) is -0.121. The monoisotopic (exact) mass is 631 g/mol. The molecule has 1 aliphatic carbocycles. The van der Waals surface area contributed by atoms with Crippen LogP contribution in [0.2, 0.25) is 5.02 Å². The van der Waals surface area contributed by atoms with E-state index in [1.54, 1.807) is 6.92 Å². The van der Waals surface area contributed by atoms with Gasteiger partial charge in [-0.1, -0.05) is 11.6 Å². The number of carbonyl (C=O) groups excluding carboxylic acids is 1. The molecule has 0 aromatic carbocycles. The summed E-state index contributed by atoms with van der Waals surface area (Å²) in [6.07, 6.45) is -2.68. The van der Waals surface area contributed by atoms with E-state index < -0.39 is 57.6 Å². The Morgan fingerprint density at radius 1 is 1.32 bits per heavy atom. The van der Waals surface area contributed by atoms with Crippen molar-refractivity contribution in [3.8, 4) is 17.0 Å². The molecule has 3 N–H and O–H groups in total. The zero-order valence-electron chi connectivity index (χ0n) is 22.4. The van der Waals surface area contributed by atoms with E-state index in [9.17, 15) is 40.3 Å². The van der Waals surface area contributed by atoms with Crippen LogP contribution in [0, 0.1) is 0 Å². The van der Waals surface area contributed by atoms with Gasteiger partial charge in [0.15, 0.2) is 5.69 Å². The van der Waals surface area contributed by atoms with Crippen molar-refractivity contribution in [2.45, 2.75) is 82.2 Å². The second kappa shape index (κ2) is 12.7. The average Bonchev–Trinajstić information content (AvgIpc) is 3.17. The number of nitrogens with one attached hydrogen (secondary N) is 2. The summed E-state index contributed by atoms with van der Waals surface area (Å²) in [5, 5.41) is 19.2. The minimum atomic E-state index is -4.46. The van der Waals surface area contributed by atoms with Gasteiger partial charge in [-0.2, -0.15) is 27.1 Å². The Labute approximate surface area is 238 Å². The van der Waals surface area contributed by atoms with E-state index in [1.807, 2.05) is 0 Å². The van der Waals surface area contributed by atoms with E-state index >= 15 is 0 Å². The lowest BCUT2D eigenvalue weighted by Gasteiger charge is -2.35. The van der Waals surface area contributed by atoms with Gasteiger partial charge in [0.05, 0.1) is 33.6 Å². The van der Waals surface area contributed by atoms with Gasteiger partial charge in [0.1, 0.15) is 21.4 Å². The van der Waals surface area contributed by atoms with Gasteiger partial charge in [-0.15, -0.1) is 0 Å². The number of aromatic nitrogens is 3. The van der Waals surface area contributed by atoms with Crippen molar-refractivity contribution in [1.29, 1.82) is 0 Å². The third-order valence-electron chi connectivity index (χ3n) is 6.73. The number of ether oxygens (including phenoxy) is 1. The maximum absolute atomic E-state index is 13.3. The van der Waals surface area contributed by atoms with Crippen molar-refractivity contribution >= 4 is 33.2 Å². The van der Waals surface area contributed by atoms with Crippen LogP contribution in [0.3, 0.4) is 0 Å². The molecule has 2 aromatic heterocycles. The number of hydrogen-bond acceptors (Lipinski definition) is 8. The molecule has 1 aliphatic rings. The number of alkyl halides is 5. The second-order valence-electron chi connectivity index (χ2n) is 10.1. The molecule has 1 atom stereocenters. The van der Waals surface area contributed by atoms with Crippen molar-refractivity contribution in [2.75, 3.05) is 18.1 Å². The number of hydrogen-bond donors (Lipinski definition) is 3. The fraction of sp³-hybridized carbons (Fsp3) is 0.625. The number of sulfone groups is 1. The minimum Gasteiger partial charge on any atom is -0.434 e. The molecular formula is C24H31ClF5N5O5S. The maximum Gasteiger partial charge on any atom is 0.391 e. The Morgan fingerprint density at radius 2 is 1.95 bits per heavy atom. The predicted molar refractivity (Wildman–Crippen MR) is 141 cm³/mol. The van der Waals surface area contributed by atoms with Crippen LogP contribution >= 0.6 is 11.6 Å². The molecule has 2 aromatic rings. The zero-order chi connectivity index (χ0) is 30.8. The molecule has 0 aliphatic heterocycles. The molecular weight excluding hydrogens is 601 g/mol. The average molecular weight is 632 g/mol. The number of aliphatic hydroxyl groups is 1. The summed E-state index contributed by atoms with van der Waals surface area (Å²) in [5.74, 6) is -1.39. The van der Waals surface area contributed by atoms with Crippen molar-refractivity contribution in [3.05, 3.63) is 23.0 Å². The number of pyridine rings is 1. The Morgan fingerprint density at radius 3 is 2.49 bits per heavy atom. The number of aryl methyl sites for hydroxylation is 1. The van der Waals surface area contributed by atoms with E-state index in [2.05, 4.69) is 25.5 Å². The van der Waals surface area contributed by atoms with Crippen molar-refractivity contribution in [2.24, 2.45) is 0 Å². The molecule has 0 bridgehead atoms. The van der Waals surface area contributed by atoms with Crippen LogP contribution < -0.4 is 15.4 Å². The van der Waals surface area contributed by atoms with E-state index in [4.69, 9.17) is 11.6 Å². The highest BCUT2D eigenvalue weighted by molar-refractivity contribution is 7.91. The molecule has 0 saturated heterocycles. The molecule has 1 unspecified atom stereocenters. The lowest BCUT2D eigenvalue weighted by molar-refractivity contribution is -0.136. The summed E-state index contributed by atoms with van der Waals surface area (Å²) in [6.45, 7) is -0.471. The van der Waals surface area contributed by atoms with Gasteiger partial charge < -0.3 is 20.5 Å². The van der Waals surface area contributed by atoms with Crippen LogP contribution in [0.15, 0.2) is 12.3 Å². The fourth-order valence-electron chi connectivity index (χ4n) is 4.67.